The molecule has 2 aliphatic rings. The molecule has 0 spiro atoms. The van der Waals surface area contributed by atoms with E-state index in [1.54, 1.807) is 0 Å². The summed E-state index contributed by atoms with van der Waals surface area (Å²) in [6.45, 7) is 7.24. The fraction of sp³-hybridized carbons (Fsp3) is 0.917. The Bertz CT molecular complexity index is 266. The van der Waals surface area contributed by atoms with Gasteiger partial charge in [0.25, 0.3) is 0 Å². The maximum Gasteiger partial charge on any atom is 0.225 e. The van der Waals surface area contributed by atoms with Gasteiger partial charge in [-0.15, -0.1) is 0 Å². The van der Waals surface area contributed by atoms with Crippen LogP contribution in [0.1, 0.15) is 13.3 Å². The second-order valence-corrected chi connectivity index (χ2v) is 5.07. The molecule has 2 heterocycles. The Labute approximate surface area is 103 Å². The molecule has 2 atom stereocenters. The molecular weight excluding hydrogens is 218 g/mol. The van der Waals surface area contributed by atoms with Gasteiger partial charge in [-0.1, -0.05) is 0 Å². The number of hydrogen-bond acceptors (Lipinski definition) is 4. The monoisotopic (exact) mass is 241 g/mol. The van der Waals surface area contributed by atoms with Crippen molar-refractivity contribution in [1.82, 2.24) is 15.1 Å². The Kier molecular flexibility index (Phi) is 4.36. The third-order valence-electron chi connectivity index (χ3n) is 3.72. The van der Waals surface area contributed by atoms with Crippen LogP contribution in [0.2, 0.25) is 0 Å². The average Bonchev–Trinajstić information content (AvgIpc) is 2.34. The maximum atomic E-state index is 12.1. The molecule has 1 N–H and O–H groups in total. The minimum Gasteiger partial charge on any atom is -0.375 e. The van der Waals surface area contributed by atoms with Gasteiger partial charge in [0.05, 0.1) is 19.1 Å². The van der Waals surface area contributed by atoms with Crippen LogP contribution in [-0.4, -0.2) is 74.2 Å². The van der Waals surface area contributed by atoms with Gasteiger partial charge in [-0.25, -0.2) is 0 Å². The molecule has 1 amide bonds. The lowest BCUT2D eigenvalue weighted by Crippen LogP contribution is -2.53. The first-order valence-corrected chi connectivity index (χ1v) is 6.47. The number of carbonyl (C=O) groups excluding carboxylic acids is 1. The summed E-state index contributed by atoms with van der Waals surface area (Å²) in [6, 6.07) is 0.457. The molecule has 0 saturated carbocycles. The number of ether oxygens (including phenoxy) is 1. The fourth-order valence-corrected chi connectivity index (χ4v) is 2.35. The normalized spacial score (nSPS) is 31.5. The van der Waals surface area contributed by atoms with Crippen molar-refractivity contribution in [3.8, 4) is 0 Å². The first-order chi connectivity index (χ1) is 8.16. The van der Waals surface area contributed by atoms with Crippen LogP contribution < -0.4 is 5.32 Å². The molecule has 2 rings (SSSR count). The molecule has 0 radical (unpaired) electrons. The fourth-order valence-electron chi connectivity index (χ4n) is 2.35. The molecule has 2 unspecified atom stereocenters. The van der Waals surface area contributed by atoms with Crippen LogP contribution in [0.5, 0.6) is 0 Å². The van der Waals surface area contributed by atoms with Gasteiger partial charge in [0, 0.05) is 38.8 Å². The molecule has 0 bridgehead atoms. The van der Waals surface area contributed by atoms with Crippen LogP contribution in [-0.2, 0) is 9.53 Å². The molecule has 5 heteroatoms. The molecule has 5 nitrogen and oxygen atoms in total. The molecule has 17 heavy (non-hydrogen) atoms. The zero-order chi connectivity index (χ0) is 12.3. The number of piperazine rings is 1. The van der Waals surface area contributed by atoms with Gasteiger partial charge in [-0.2, -0.15) is 0 Å². The summed E-state index contributed by atoms with van der Waals surface area (Å²) in [6.07, 6.45) is 0.579. The van der Waals surface area contributed by atoms with E-state index in [1.165, 1.54) is 0 Å². The number of hydrogen-bond donors (Lipinski definition) is 1. The molecule has 2 aliphatic heterocycles. The second-order valence-electron chi connectivity index (χ2n) is 5.07. The predicted octanol–water partition coefficient (Wildman–Crippen LogP) is -0.473. The van der Waals surface area contributed by atoms with Gasteiger partial charge in [0.15, 0.2) is 0 Å². The van der Waals surface area contributed by atoms with Gasteiger partial charge in [0.1, 0.15) is 0 Å². The number of nitrogens with one attached hydrogen (secondary N) is 1. The van der Waals surface area contributed by atoms with E-state index in [9.17, 15) is 4.79 Å². The van der Waals surface area contributed by atoms with E-state index in [0.29, 0.717) is 12.5 Å². The Morgan fingerprint density at radius 3 is 2.94 bits per heavy atom. The van der Waals surface area contributed by atoms with E-state index >= 15 is 0 Å². The van der Waals surface area contributed by atoms with Gasteiger partial charge < -0.3 is 19.9 Å². The van der Waals surface area contributed by atoms with Crippen molar-refractivity contribution >= 4 is 5.91 Å². The van der Waals surface area contributed by atoms with E-state index in [1.807, 2.05) is 4.90 Å². The highest BCUT2D eigenvalue weighted by molar-refractivity contribution is 5.77. The van der Waals surface area contributed by atoms with Crippen molar-refractivity contribution in [2.24, 2.45) is 0 Å². The third kappa shape index (κ3) is 3.40. The number of rotatable bonds is 2. The summed E-state index contributed by atoms with van der Waals surface area (Å²) in [5, 5.41) is 3.25. The Morgan fingerprint density at radius 1 is 1.47 bits per heavy atom. The number of nitrogens with zero attached hydrogens (tertiary/aromatic N) is 2. The average molecular weight is 241 g/mol. The minimum atomic E-state index is 0.0613. The van der Waals surface area contributed by atoms with E-state index in [2.05, 4.69) is 24.2 Å². The smallest absolute Gasteiger partial charge is 0.225 e. The van der Waals surface area contributed by atoms with Crippen LogP contribution in [0.4, 0.5) is 0 Å². The van der Waals surface area contributed by atoms with Crippen LogP contribution in [0.25, 0.3) is 0 Å². The Hall–Kier alpha value is -0.650. The van der Waals surface area contributed by atoms with E-state index in [4.69, 9.17) is 4.74 Å². The molecule has 0 aromatic carbocycles. The van der Waals surface area contributed by atoms with Crippen LogP contribution in [0.3, 0.4) is 0 Å². The lowest BCUT2D eigenvalue weighted by molar-refractivity contribution is -0.137. The molecule has 0 aromatic heterocycles. The SMILES string of the molecule is CC1CN(C(=O)CC2CNCCO2)CCN1C. The lowest BCUT2D eigenvalue weighted by Gasteiger charge is -2.38. The van der Waals surface area contributed by atoms with Crippen LogP contribution >= 0.6 is 0 Å². The van der Waals surface area contributed by atoms with E-state index in [0.717, 1.165) is 39.3 Å². The number of amides is 1. The largest absolute Gasteiger partial charge is 0.375 e. The molecule has 0 aromatic rings. The summed E-state index contributed by atoms with van der Waals surface area (Å²) in [5.74, 6) is 0.235. The quantitative estimate of drug-likeness (QED) is 0.710. The summed E-state index contributed by atoms with van der Waals surface area (Å²) in [7, 11) is 2.11. The van der Waals surface area contributed by atoms with E-state index in [-0.39, 0.29) is 12.0 Å². The molecular formula is C12H23N3O2. The van der Waals surface area contributed by atoms with Gasteiger partial charge in [0.2, 0.25) is 5.91 Å². The zero-order valence-corrected chi connectivity index (χ0v) is 10.8. The first-order valence-electron chi connectivity index (χ1n) is 6.47. The summed E-state index contributed by atoms with van der Waals surface area (Å²) in [4.78, 5) is 16.4. The summed E-state index contributed by atoms with van der Waals surface area (Å²) >= 11 is 0. The summed E-state index contributed by atoms with van der Waals surface area (Å²) in [5.41, 5.74) is 0. The van der Waals surface area contributed by atoms with Crippen molar-refractivity contribution in [2.45, 2.75) is 25.5 Å². The van der Waals surface area contributed by atoms with E-state index < -0.39 is 0 Å². The van der Waals surface area contributed by atoms with Crippen molar-refractivity contribution in [3.05, 3.63) is 0 Å². The zero-order valence-electron chi connectivity index (χ0n) is 10.8. The van der Waals surface area contributed by atoms with Crippen molar-refractivity contribution < 1.29 is 9.53 Å². The lowest BCUT2D eigenvalue weighted by atomic mass is 10.1. The third-order valence-corrected chi connectivity index (χ3v) is 3.72. The van der Waals surface area contributed by atoms with Crippen molar-refractivity contribution in [2.75, 3.05) is 46.4 Å². The molecule has 2 saturated heterocycles. The highest BCUT2D eigenvalue weighted by Gasteiger charge is 2.26. The highest BCUT2D eigenvalue weighted by Crippen LogP contribution is 2.11. The minimum absolute atomic E-state index is 0.0613. The van der Waals surface area contributed by atoms with Gasteiger partial charge >= 0.3 is 0 Å². The molecule has 98 valence electrons. The molecule has 0 aliphatic carbocycles. The van der Waals surface area contributed by atoms with Gasteiger partial charge in [-0.05, 0) is 14.0 Å². The predicted molar refractivity (Wildman–Crippen MR) is 65.9 cm³/mol. The van der Waals surface area contributed by atoms with Crippen LogP contribution in [0, 0.1) is 0 Å². The van der Waals surface area contributed by atoms with Crippen molar-refractivity contribution in [1.29, 1.82) is 0 Å². The number of carbonyl (C=O) groups is 1. The van der Waals surface area contributed by atoms with Crippen molar-refractivity contribution in [3.63, 3.8) is 0 Å². The number of morpholine rings is 1. The standard InChI is InChI=1S/C12H23N3O2/c1-10-9-15(5-4-14(10)2)12(16)7-11-8-13-3-6-17-11/h10-11,13H,3-9H2,1-2H3. The number of likely N-dealkylation sites (N-methyl/N-ethyl adjacent to an activating group) is 1. The first kappa shape index (κ1) is 12.8. The Morgan fingerprint density at radius 2 is 2.29 bits per heavy atom. The maximum absolute atomic E-state index is 12.1. The summed E-state index contributed by atoms with van der Waals surface area (Å²) < 4.78 is 5.57. The topological polar surface area (TPSA) is 44.8 Å². The highest BCUT2D eigenvalue weighted by atomic mass is 16.5. The van der Waals surface area contributed by atoms with Crippen LogP contribution in [0.15, 0.2) is 0 Å². The Balaban J connectivity index is 1.79. The second kappa shape index (κ2) is 5.80. The molecule has 2 fully saturated rings. The van der Waals surface area contributed by atoms with Gasteiger partial charge in [-0.3, -0.25) is 4.79 Å².